The van der Waals surface area contributed by atoms with Crippen LogP contribution < -0.4 is 10.5 Å². The van der Waals surface area contributed by atoms with E-state index in [1.807, 2.05) is 7.11 Å². The second kappa shape index (κ2) is 11.4. The number of carbonyl (C=O) groups excluding carboxylic acids is 1. The highest BCUT2D eigenvalue weighted by atomic mass is 17.2. The molecule has 38 heavy (non-hydrogen) atoms. The van der Waals surface area contributed by atoms with Gasteiger partial charge in [-0.15, -0.1) is 0 Å². The molecule has 1 heterocycles. The summed E-state index contributed by atoms with van der Waals surface area (Å²) in [6.45, 7) is 3.38. The number of nitrogens with two attached hydrogens (primary N) is 1. The molecule has 1 aliphatic heterocycles. The van der Waals surface area contributed by atoms with Crippen molar-refractivity contribution in [1.29, 1.82) is 0 Å². The molecule has 5 saturated carbocycles. The third-order valence-corrected chi connectivity index (χ3v) is 10.6. The van der Waals surface area contributed by atoms with Gasteiger partial charge in [-0.1, -0.05) is 12.1 Å². The highest BCUT2D eigenvalue weighted by Crippen LogP contribution is 2.60. The summed E-state index contributed by atoms with van der Waals surface area (Å²) in [7, 11) is 1.82. The van der Waals surface area contributed by atoms with E-state index in [1.165, 1.54) is 37.7 Å². The maximum absolute atomic E-state index is 11.3. The van der Waals surface area contributed by atoms with Crippen LogP contribution in [0.2, 0.25) is 0 Å². The fourth-order valence-electron chi connectivity index (χ4n) is 8.55. The van der Waals surface area contributed by atoms with Crippen molar-refractivity contribution in [3.05, 3.63) is 29.8 Å². The molecule has 0 radical (unpaired) electrons. The van der Waals surface area contributed by atoms with Crippen LogP contribution in [0.25, 0.3) is 0 Å². The van der Waals surface area contributed by atoms with E-state index in [2.05, 4.69) is 29.2 Å². The van der Waals surface area contributed by atoms with Crippen molar-refractivity contribution in [2.45, 2.75) is 88.4 Å². The van der Waals surface area contributed by atoms with Crippen molar-refractivity contribution in [3.63, 3.8) is 0 Å². The summed E-state index contributed by atoms with van der Waals surface area (Å²) in [5.41, 5.74) is 6.82. The van der Waals surface area contributed by atoms with E-state index < -0.39 is 5.79 Å². The molecule has 0 unspecified atom stereocenters. The Morgan fingerprint density at radius 1 is 0.921 bits per heavy atom. The predicted octanol–water partition coefficient (Wildman–Crippen LogP) is 5.04. The minimum absolute atomic E-state index is 0.0397. The van der Waals surface area contributed by atoms with Crippen LogP contribution in [0.4, 0.5) is 0 Å². The van der Waals surface area contributed by atoms with Crippen molar-refractivity contribution in [2.24, 2.45) is 35.3 Å². The van der Waals surface area contributed by atoms with Crippen molar-refractivity contribution in [2.75, 3.05) is 33.4 Å². The Bertz CT molecular complexity index is 908. The van der Waals surface area contributed by atoms with Gasteiger partial charge in [0.1, 0.15) is 12.4 Å². The van der Waals surface area contributed by atoms with E-state index >= 15 is 0 Å². The van der Waals surface area contributed by atoms with Crippen LogP contribution in [0.5, 0.6) is 5.75 Å². The molecule has 2 N–H and O–H groups in total. The molecular weight excluding hydrogens is 480 g/mol. The highest BCUT2D eigenvalue weighted by Gasteiger charge is 2.60. The van der Waals surface area contributed by atoms with Crippen molar-refractivity contribution in [1.82, 2.24) is 4.90 Å². The average molecular weight is 527 g/mol. The molecule has 7 heteroatoms. The minimum atomic E-state index is -0.514. The Balaban J connectivity index is 0.921. The number of likely N-dealkylation sites (tertiary alicyclic amines) is 1. The Morgan fingerprint density at radius 2 is 1.55 bits per heavy atom. The van der Waals surface area contributed by atoms with Gasteiger partial charge in [0.05, 0.1) is 6.10 Å². The van der Waals surface area contributed by atoms with Gasteiger partial charge in [-0.25, -0.2) is 9.78 Å². The summed E-state index contributed by atoms with van der Waals surface area (Å²) in [5.74, 6) is 3.60. The molecule has 6 fully saturated rings. The van der Waals surface area contributed by atoms with Crippen LogP contribution in [0.1, 0.15) is 82.1 Å². The van der Waals surface area contributed by atoms with Crippen LogP contribution in [0, 0.1) is 29.6 Å². The lowest BCUT2D eigenvalue weighted by atomic mass is 9.53. The first-order chi connectivity index (χ1) is 18.5. The molecule has 1 aromatic carbocycles. The molecule has 1 aromatic rings. The quantitative estimate of drug-likeness (QED) is 0.261. The summed E-state index contributed by atoms with van der Waals surface area (Å²) in [6.07, 6.45) is 12.5. The molecule has 0 aromatic heterocycles. The first kappa shape index (κ1) is 26.5. The van der Waals surface area contributed by atoms with E-state index in [-0.39, 0.29) is 17.9 Å². The maximum Gasteiger partial charge on any atom is 0.220 e. The first-order valence-corrected chi connectivity index (χ1v) is 15.2. The van der Waals surface area contributed by atoms with E-state index in [9.17, 15) is 4.79 Å². The lowest BCUT2D eigenvalue weighted by Crippen LogP contribution is -2.60. The van der Waals surface area contributed by atoms with Gasteiger partial charge in [0, 0.05) is 31.4 Å². The largest absolute Gasteiger partial charge is 0.492 e. The lowest BCUT2D eigenvalue weighted by Gasteiger charge is -2.58. The van der Waals surface area contributed by atoms with Gasteiger partial charge in [-0.3, -0.25) is 9.69 Å². The molecule has 0 atom stereocenters. The maximum atomic E-state index is 11.3. The van der Waals surface area contributed by atoms with Gasteiger partial charge in [0.25, 0.3) is 0 Å². The zero-order valence-electron chi connectivity index (χ0n) is 23.0. The predicted molar refractivity (Wildman–Crippen MR) is 144 cm³/mol. The van der Waals surface area contributed by atoms with E-state index in [0.717, 1.165) is 75.7 Å². The van der Waals surface area contributed by atoms with Crippen LogP contribution in [-0.4, -0.2) is 56.0 Å². The van der Waals surface area contributed by atoms with Crippen LogP contribution >= 0.6 is 0 Å². The number of piperidine rings is 1. The molecule has 5 aliphatic carbocycles. The van der Waals surface area contributed by atoms with Crippen molar-refractivity contribution in [3.8, 4) is 5.75 Å². The van der Waals surface area contributed by atoms with Crippen LogP contribution in [-0.2, 0) is 19.3 Å². The molecule has 0 spiro atoms. The Hall–Kier alpha value is -1.67. The van der Waals surface area contributed by atoms with E-state index in [0.29, 0.717) is 24.4 Å². The number of primary amides is 1. The van der Waals surface area contributed by atoms with Crippen LogP contribution in [0.15, 0.2) is 24.3 Å². The number of benzene rings is 1. The number of ether oxygens (including phenoxy) is 2. The van der Waals surface area contributed by atoms with Crippen LogP contribution in [0.3, 0.4) is 0 Å². The monoisotopic (exact) mass is 526 g/mol. The number of hydrogen-bond acceptors (Lipinski definition) is 6. The topological polar surface area (TPSA) is 83.2 Å². The summed E-state index contributed by atoms with van der Waals surface area (Å²) < 4.78 is 12.1. The van der Waals surface area contributed by atoms with Crippen molar-refractivity contribution >= 4 is 5.91 Å². The molecule has 7 rings (SSSR count). The second-order valence-corrected chi connectivity index (χ2v) is 12.8. The average Bonchev–Trinajstić information content (AvgIpc) is 2.94. The molecule has 1 amide bonds. The number of hydrogen-bond donors (Lipinski definition) is 1. The molecule has 1 saturated heterocycles. The second-order valence-electron chi connectivity index (χ2n) is 12.8. The SMILES string of the molecule is COC1(OOC2CCC(c3ccc(OCCN4CCC(C(N)=O)CC4)cc3)CC2)C2CC3CC(C2)CC1C3. The molecule has 210 valence electrons. The fourth-order valence-corrected chi connectivity index (χ4v) is 8.55. The standard InChI is InChI=1S/C31H46N2O5/c1-35-31(26-17-21-16-22(19-26)20-27(31)18-21)38-37-29-8-4-24(5-9-29)23-2-6-28(7-3-23)36-15-14-33-12-10-25(11-13-33)30(32)34/h2-3,6-7,21-22,24-27,29H,4-5,8-20H2,1H3,(H2,32,34). The Labute approximate surface area is 227 Å². The first-order valence-electron chi connectivity index (χ1n) is 15.2. The smallest absolute Gasteiger partial charge is 0.220 e. The lowest BCUT2D eigenvalue weighted by molar-refractivity contribution is -0.485. The third-order valence-electron chi connectivity index (χ3n) is 10.6. The zero-order chi connectivity index (χ0) is 26.1. The summed E-state index contributed by atoms with van der Waals surface area (Å²) in [6, 6.07) is 8.67. The number of nitrogens with zero attached hydrogens (tertiary/aromatic N) is 1. The van der Waals surface area contributed by atoms with E-state index in [4.69, 9.17) is 25.0 Å². The van der Waals surface area contributed by atoms with Gasteiger partial charge >= 0.3 is 0 Å². The summed E-state index contributed by atoms with van der Waals surface area (Å²) >= 11 is 0. The van der Waals surface area contributed by atoms with Gasteiger partial charge in [0.15, 0.2) is 0 Å². The zero-order valence-corrected chi connectivity index (χ0v) is 23.0. The summed E-state index contributed by atoms with van der Waals surface area (Å²) in [4.78, 5) is 26.1. The van der Waals surface area contributed by atoms with Gasteiger partial charge < -0.3 is 15.2 Å². The van der Waals surface area contributed by atoms with Gasteiger partial charge in [0.2, 0.25) is 11.7 Å². The molecular formula is C31H46N2O5. The molecule has 4 bridgehead atoms. The Kier molecular flexibility index (Phi) is 7.99. The fraction of sp³-hybridized carbons (Fsp3) is 0.774. The molecule has 6 aliphatic rings. The normalized spacial score (nSPS) is 37.4. The number of rotatable bonds is 10. The summed E-state index contributed by atoms with van der Waals surface area (Å²) in [5, 5.41) is 0. The molecule has 7 nitrogen and oxygen atoms in total. The number of methoxy groups -OCH3 is 1. The van der Waals surface area contributed by atoms with Gasteiger partial charge in [-0.05, 0) is 119 Å². The van der Waals surface area contributed by atoms with Gasteiger partial charge in [-0.2, -0.15) is 0 Å². The third kappa shape index (κ3) is 5.49. The minimum Gasteiger partial charge on any atom is -0.492 e. The number of amides is 1. The number of carbonyl (C=O) groups is 1. The highest BCUT2D eigenvalue weighted by molar-refractivity contribution is 5.76. The van der Waals surface area contributed by atoms with E-state index in [1.54, 1.807) is 0 Å². The van der Waals surface area contributed by atoms with Crippen molar-refractivity contribution < 1.29 is 24.0 Å². The Morgan fingerprint density at radius 3 is 2.13 bits per heavy atom.